The number of hydrogen-bond acceptors (Lipinski definition) is 4. The molecule has 2 N–H and O–H groups in total. The molecule has 100 valence electrons. The van der Waals surface area contributed by atoms with E-state index < -0.39 is 6.03 Å². The Labute approximate surface area is 106 Å². The Kier molecular flexibility index (Phi) is 6.07. The molecular formula is C12H19N3O3. The number of likely N-dealkylation sites (tertiary alicyclic amines) is 1. The van der Waals surface area contributed by atoms with Crippen LogP contribution in [0, 0.1) is 5.92 Å². The van der Waals surface area contributed by atoms with Crippen molar-refractivity contribution in [2.75, 3.05) is 26.2 Å². The Hall–Kier alpha value is -1.69. The molecule has 3 amide bonds. The molecule has 1 aliphatic rings. The maximum atomic E-state index is 11.5. The van der Waals surface area contributed by atoms with E-state index in [2.05, 4.69) is 17.2 Å². The van der Waals surface area contributed by atoms with Crippen LogP contribution in [0.15, 0.2) is 12.7 Å². The van der Waals surface area contributed by atoms with E-state index in [-0.39, 0.29) is 18.4 Å². The maximum absolute atomic E-state index is 11.5. The van der Waals surface area contributed by atoms with Crippen LogP contribution in [0.4, 0.5) is 4.79 Å². The molecule has 18 heavy (non-hydrogen) atoms. The van der Waals surface area contributed by atoms with Gasteiger partial charge in [0.2, 0.25) is 5.91 Å². The van der Waals surface area contributed by atoms with Crippen LogP contribution in [-0.2, 0) is 9.59 Å². The van der Waals surface area contributed by atoms with E-state index in [9.17, 15) is 14.4 Å². The maximum Gasteiger partial charge on any atom is 0.321 e. The monoisotopic (exact) mass is 253 g/mol. The molecule has 0 aliphatic carbocycles. The van der Waals surface area contributed by atoms with Crippen molar-refractivity contribution in [1.82, 2.24) is 15.5 Å². The summed E-state index contributed by atoms with van der Waals surface area (Å²) in [6.45, 7) is 5.39. The molecule has 0 unspecified atom stereocenters. The van der Waals surface area contributed by atoms with Gasteiger partial charge in [0.05, 0.1) is 6.54 Å². The van der Waals surface area contributed by atoms with Crippen LogP contribution in [0.5, 0.6) is 0 Å². The van der Waals surface area contributed by atoms with Crippen LogP contribution in [-0.4, -0.2) is 49.3 Å². The van der Waals surface area contributed by atoms with Crippen LogP contribution in [0.3, 0.4) is 0 Å². The summed E-state index contributed by atoms with van der Waals surface area (Å²) in [5.74, 6) is -0.221. The van der Waals surface area contributed by atoms with Crippen molar-refractivity contribution in [3.8, 4) is 0 Å². The third-order valence-corrected chi connectivity index (χ3v) is 2.85. The number of urea groups is 1. The molecule has 6 nitrogen and oxygen atoms in total. The molecule has 0 aromatic carbocycles. The first kappa shape index (κ1) is 14.4. The van der Waals surface area contributed by atoms with Crippen molar-refractivity contribution in [3.63, 3.8) is 0 Å². The first-order valence-corrected chi connectivity index (χ1v) is 6.02. The Morgan fingerprint density at radius 1 is 1.33 bits per heavy atom. The van der Waals surface area contributed by atoms with Crippen LogP contribution in [0.25, 0.3) is 0 Å². The third-order valence-electron chi connectivity index (χ3n) is 2.85. The van der Waals surface area contributed by atoms with Gasteiger partial charge in [-0.05, 0) is 25.9 Å². The van der Waals surface area contributed by atoms with E-state index in [4.69, 9.17) is 0 Å². The highest BCUT2D eigenvalue weighted by molar-refractivity contribution is 5.95. The second kappa shape index (κ2) is 7.60. The number of carbonyl (C=O) groups excluding carboxylic acids is 3. The molecule has 0 atom stereocenters. The highest BCUT2D eigenvalue weighted by Gasteiger charge is 2.20. The number of amides is 3. The van der Waals surface area contributed by atoms with Crippen molar-refractivity contribution >= 4 is 18.2 Å². The molecule has 1 saturated heterocycles. The van der Waals surface area contributed by atoms with E-state index in [0.717, 1.165) is 19.1 Å². The van der Waals surface area contributed by atoms with Gasteiger partial charge in [-0.15, -0.1) is 6.58 Å². The normalized spacial score (nSPS) is 16.9. The zero-order valence-corrected chi connectivity index (χ0v) is 10.4. The SMILES string of the molecule is C=CCNC(=O)NC(=O)CN1CCC(C=O)CC1. The first-order valence-electron chi connectivity index (χ1n) is 6.02. The summed E-state index contributed by atoms with van der Waals surface area (Å²) in [6, 6.07) is -0.511. The quantitative estimate of drug-likeness (QED) is 0.530. The van der Waals surface area contributed by atoms with Gasteiger partial charge in [0.1, 0.15) is 6.29 Å². The number of imide groups is 1. The van der Waals surface area contributed by atoms with Crippen LogP contribution >= 0.6 is 0 Å². The number of nitrogens with one attached hydrogen (secondary N) is 2. The third kappa shape index (κ3) is 5.09. The zero-order chi connectivity index (χ0) is 13.4. The molecule has 0 radical (unpaired) electrons. The predicted octanol–water partition coefficient (Wildman–Crippen LogP) is -0.0909. The Morgan fingerprint density at radius 2 is 2.00 bits per heavy atom. The lowest BCUT2D eigenvalue weighted by molar-refractivity contribution is -0.121. The van der Waals surface area contributed by atoms with Gasteiger partial charge < -0.3 is 10.1 Å². The van der Waals surface area contributed by atoms with E-state index in [0.29, 0.717) is 19.6 Å². The fourth-order valence-electron chi connectivity index (χ4n) is 1.83. The van der Waals surface area contributed by atoms with Crippen molar-refractivity contribution in [3.05, 3.63) is 12.7 Å². The van der Waals surface area contributed by atoms with Gasteiger partial charge in [0, 0.05) is 12.5 Å². The molecule has 1 fully saturated rings. The predicted molar refractivity (Wildman–Crippen MR) is 67.0 cm³/mol. The van der Waals surface area contributed by atoms with Gasteiger partial charge in [-0.25, -0.2) is 4.79 Å². The van der Waals surface area contributed by atoms with Gasteiger partial charge in [-0.1, -0.05) is 6.08 Å². The van der Waals surface area contributed by atoms with Crippen molar-refractivity contribution in [2.45, 2.75) is 12.8 Å². The Balaban J connectivity index is 2.22. The molecule has 1 rings (SSSR count). The van der Waals surface area contributed by atoms with Crippen molar-refractivity contribution in [2.24, 2.45) is 5.92 Å². The molecule has 0 aromatic heterocycles. The molecule has 0 saturated carbocycles. The minimum absolute atomic E-state index is 0.111. The Morgan fingerprint density at radius 3 is 2.56 bits per heavy atom. The topological polar surface area (TPSA) is 78.5 Å². The lowest BCUT2D eigenvalue weighted by atomic mass is 9.99. The zero-order valence-electron chi connectivity index (χ0n) is 10.4. The van der Waals surface area contributed by atoms with Crippen LogP contribution in [0.1, 0.15) is 12.8 Å². The second-order valence-electron chi connectivity index (χ2n) is 4.30. The van der Waals surface area contributed by atoms with Crippen molar-refractivity contribution < 1.29 is 14.4 Å². The summed E-state index contributed by atoms with van der Waals surface area (Å²) < 4.78 is 0. The fraction of sp³-hybridized carbons (Fsp3) is 0.583. The summed E-state index contributed by atoms with van der Waals surface area (Å²) in [6.07, 6.45) is 4.06. The summed E-state index contributed by atoms with van der Waals surface area (Å²) in [5, 5.41) is 4.70. The summed E-state index contributed by atoms with van der Waals surface area (Å²) in [5.41, 5.74) is 0. The van der Waals surface area contributed by atoms with Crippen molar-refractivity contribution in [1.29, 1.82) is 0 Å². The van der Waals surface area contributed by atoms with E-state index in [1.807, 2.05) is 4.90 Å². The molecular weight excluding hydrogens is 234 g/mol. The average Bonchev–Trinajstić information content (AvgIpc) is 2.37. The first-order chi connectivity index (χ1) is 8.65. The van der Waals surface area contributed by atoms with Crippen LogP contribution < -0.4 is 10.6 Å². The number of piperidine rings is 1. The number of hydrogen-bond donors (Lipinski definition) is 2. The smallest absolute Gasteiger partial charge is 0.321 e. The van der Waals surface area contributed by atoms with E-state index in [1.54, 1.807) is 0 Å². The molecule has 1 aliphatic heterocycles. The van der Waals surface area contributed by atoms with E-state index in [1.165, 1.54) is 6.08 Å². The molecule has 6 heteroatoms. The van der Waals surface area contributed by atoms with Gasteiger partial charge >= 0.3 is 6.03 Å². The number of rotatable bonds is 5. The van der Waals surface area contributed by atoms with Gasteiger partial charge in [-0.2, -0.15) is 0 Å². The fourth-order valence-corrected chi connectivity index (χ4v) is 1.83. The van der Waals surface area contributed by atoms with Gasteiger partial charge in [0.15, 0.2) is 0 Å². The highest BCUT2D eigenvalue weighted by atomic mass is 16.2. The van der Waals surface area contributed by atoms with Crippen LogP contribution in [0.2, 0.25) is 0 Å². The second-order valence-corrected chi connectivity index (χ2v) is 4.30. The minimum atomic E-state index is -0.511. The largest absolute Gasteiger partial charge is 0.334 e. The molecule has 0 aromatic rings. The number of aldehydes is 1. The number of nitrogens with zero attached hydrogens (tertiary/aromatic N) is 1. The standard InChI is InChI=1S/C12H19N3O3/c1-2-5-13-12(18)14-11(17)8-15-6-3-10(9-16)4-7-15/h2,9-10H,1,3-8H2,(H2,13,14,17,18). The molecule has 0 spiro atoms. The number of carbonyl (C=O) groups is 3. The summed E-state index contributed by atoms with van der Waals surface area (Å²) >= 11 is 0. The average molecular weight is 253 g/mol. The summed E-state index contributed by atoms with van der Waals surface area (Å²) in [4.78, 5) is 35.2. The summed E-state index contributed by atoms with van der Waals surface area (Å²) in [7, 11) is 0. The minimum Gasteiger partial charge on any atom is -0.334 e. The molecule has 0 bridgehead atoms. The van der Waals surface area contributed by atoms with Gasteiger partial charge in [0.25, 0.3) is 0 Å². The Bertz CT molecular complexity index is 323. The lowest BCUT2D eigenvalue weighted by Gasteiger charge is -2.28. The lowest BCUT2D eigenvalue weighted by Crippen LogP contribution is -2.46. The van der Waals surface area contributed by atoms with E-state index >= 15 is 0 Å². The van der Waals surface area contributed by atoms with Gasteiger partial charge in [-0.3, -0.25) is 15.0 Å². The highest BCUT2D eigenvalue weighted by Crippen LogP contribution is 2.14. The molecule has 1 heterocycles.